The van der Waals surface area contributed by atoms with Gasteiger partial charge in [-0.2, -0.15) is 0 Å². The molecule has 3 rings (SSSR count). The Balaban J connectivity index is 2.35. The Bertz CT molecular complexity index is 590. The molecule has 0 unspecified atom stereocenters. The van der Waals surface area contributed by atoms with Gasteiger partial charge >= 0.3 is 0 Å². The monoisotopic (exact) mass is 214 g/mol. The van der Waals surface area contributed by atoms with Gasteiger partial charge in [-0.3, -0.25) is 0 Å². The molecule has 0 atom stereocenters. The third-order valence-electron chi connectivity index (χ3n) is 2.45. The van der Waals surface area contributed by atoms with E-state index in [9.17, 15) is 0 Å². The van der Waals surface area contributed by atoms with E-state index >= 15 is 0 Å². The van der Waals surface area contributed by atoms with E-state index in [-0.39, 0.29) is 0 Å². The van der Waals surface area contributed by atoms with Crippen LogP contribution in [0.3, 0.4) is 0 Å². The van der Waals surface area contributed by atoms with Gasteiger partial charge in [-0.1, -0.05) is 18.2 Å². The molecule has 0 N–H and O–H groups in total. The Hall–Kier alpha value is -1.54. The van der Waals surface area contributed by atoms with Crippen molar-refractivity contribution in [2.24, 2.45) is 0 Å². The van der Waals surface area contributed by atoms with E-state index in [1.54, 1.807) is 11.3 Å². The first-order chi connectivity index (χ1) is 7.34. The number of hydrogen-bond donors (Lipinski definition) is 0. The normalized spacial score (nSPS) is 11.0. The number of benzene rings is 1. The summed E-state index contributed by atoms with van der Waals surface area (Å²) in [6.45, 7) is 1.98. The van der Waals surface area contributed by atoms with E-state index in [0.717, 1.165) is 11.3 Å². The fraction of sp³-hybridized carbons (Fsp3) is 0.0769. The van der Waals surface area contributed by atoms with Gasteiger partial charge in [0.2, 0.25) is 0 Å². The van der Waals surface area contributed by atoms with E-state index in [1.165, 1.54) is 15.8 Å². The van der Waals surface area contributed by atoms with Gasteiger partial charge in [-0.05, 0) is 30.5 Å². The maximum absolute atomic E-state index is 5.73. The fourth-order valence-electron chi connectivity index (χ4n) is 1.82. The van der Waals surface area contributed by atoms with Crippen molar-refractivity contribution in [2.45, 2.75) is 6.92 Å². The van der Waals surface area contributed by atoms with Crippen LogP contribution in [0.5, 0.6) is 0 Å². The van der Waals surface area contributed by atoms with Crippen LogP contribution in [0, 0.1) is 6.92 Å². The lowest BCUT2D eigenvalue weighted by Crippen LogP contribution is -1.72. The van der Waals surface area contributed by atoms with Gasteiger partial charge in [0.05, 0.1) is 0 Å². The van der Waals surface area contributed by atoms with Crippen molar-refractivity contribution in [1.82, 2.24) is 0 Å². The first kappa shape index (κ1) is 8.74. The molecule has 0 aliphatic carbocycles. The van der Waals surface area contributed by atoms with Crippen molar-refractivity contribution in [3.8, 4) is 10.4 Å². The second-order valence-corrected chi connectivity index (χ2v) is 4.51. The Kier molecular flexibility index (Phi) is 1.89. The van der Waals surface area contributed by atoms with Crippen LogP contribution in [0.4, 0.5) is 0 Å². The lowest BCUT2D eigenvalue weighted by Gasteiger charge is -1.97. The number of thiophene rings is 1. The highest BCUT2D eigenvalue weighted by atomic mass is 32.1. The predicted molar refractivity (Wildman–Crippen MR) is 64.3 cm³/mol. The van der Waals surface area contributed by atoms with Gasteiger partial charge in [0.15, 0.2) is 0 Å². The summed E-state index contributed by atoms with van der Waals surface area (Å²) < 4.78 is 5.73. The summed E-state index contributed by atoms with van der Waals surface area (Å²) in [5.41, 5.74) is 2.19. The van der Waals surface area contributed by atoms with Crippen LogP contribution in [0.2, 0.25) is 0 Å². The van der Waals surface area contributed by atoms with Crippen LogP contribution in [-0.4, -0.2) is 0 Å². The molecular weight excluding hydrogens is 204 g/mol. The minimum Gasteiger partial charge on any atom is -0.461 e. The lowest BCUT2D eigenvalue weighted by atomic mass is 10.1. The second-order valence-electron chi connectivity index (χ2n) is 3.56. The maximum Gasteiger partial charge on any atom is 0.142 e. The van der Waals surface area contributed by atoms with Gasteiger partial charge in [-0.25, -0.2) is 0 Å². The molecular formula is C13H10OS. The topological polar surface area (TPSA) is 13.1 Å². The maximum atomic E-state index is 5.73. The summed E-state index contributed by atoms with van der Waals surface area (Å²) in [5, 5.41) is 3.27. The van der Waals surface area contributed by atoms with Crippen LogP contribution >= 0.6 is 11.3 Å². The number of aryl methyl sites for hydroxylation is 1. The summed E-state index contributed by atoms with van der Waals surface area (Å²) in [7, 11) is 0. The van der Waals surface area contributed by atoms with Crippen LogP contribution in [0.1, 0.15) is 5.76 Å². The molecule has 0 radical (unpaired) electrons. The first-order valence-electron chi connectivity index (χ1n) is 4.87. The van der Waals surface area contributed by atoms with Crippen LogP contribution in [0.25, 0.3) is 21.4 Å². The molecule has 2 heteroatoms. The molecule has 74 valence electrons. The predicted octanol–water partition coefficient (Wildman–Crippen LogP) is 4.47. The minimum absolute atomic E-state index is 0.967. The van der Waals surface area contributed by atoms with Gasteiger partial charge < -0.3 is 4.42 Å². The van der Waals surface area contributed by atoms with Crippen molar-refractivity contribution in [2.75, 3.05) is 0 Å². The number of rotatable bonds is 1. The quantitative estimate of drug-likeness (QED) is 0.582. The molecule has 0 aliphatic rings. The summed E-state index contributed by atoms with van der Waals surface area (Å²) >= 11 is 1.74. The zero-order chi connectivity index (χ0) is 10.3. The molecule has 0 amide bonds. The van der Waals surface area contributed by atoms with E-state index in [2.05, 4.69) is 41.8 Å². The Morgan fingerprint density at radius 2 is 2.07 bits per heavy atom. The smallest absolute Gasteiger partial charge is 0.142 e. The Morgan fingerprint density at radius 3 is 2.87 bits per heavy atom. The van der Waals surface area contributed by atoms with Crippen LogP contribution in [0.15, 0.2) is 46.2 Å². The SMILES string of the molecule is Cc1cc2cccc(-c3cccs3)c2o1. The molecule has 15 heavy (non-hydrogen) atoms. The van der Waals surface area contributed by atoms with Gasteiger partial charge in [-0.15, -0.1) is 11.3 Å². The molecule has 2 aromatic heterocycles. The van der Waals surface area contributed by atoms with Gasteiger partial charge in [0.25, 0.3) is 0 Å². The molecule has 1 nitrogen and oxygen atoms in total. The highest BCUT2D eigenvalue weighted by Crippen LogP contribution is 2.33. The third kappa shape index (κ3) is 1.38. The summed E-state index contributed by atoms with van der Waals surface area (Å²) in [6, 6.07) is 12.5. The standard InChI is InChI=1S/C13H10OS/c1-9-8-10-4-2-5-11(13(10)14-9)12-6-3-7-15-12/h2-8H,1H3. The average Bonchev–Trinajstić information content (AvgIpc) is 2.82. The number of hydrogen-bond acceptors (Lipinski definition) is 2. The Morgan fingerprint density at radius 1 is 1.13 bits per heavy atom. The van der Waals surface area contributed by atoms with Gasteiger partial charge in [0, 0.05) is 15.8 Å². The van der Waals surface area contributed by atoms with Crippen LogP contribution < -0.4 is 0 Å². The second kappa shape index (κ2) is 3.24. The van der Waals surface area contributed by atoms with Crippen molar-refractivity contribution in [3.05, 3.63) is 47.5 Å². The zero-order valence-corrected chi connectivity index (χ0v) is 9.17. The Labute approximate surface area is 92.0 Å². The van der Waals surface area contributed by atoms with E-state index in [4.69, 9.17) is 4.42 Å². The fourth-order valence-corrected chi connectivity index (χ4v) is 2.57. The van der Waals surface area contributed by atoms with Crippen LogP contribution in [-0.2, 0) is 0 Å². The molecule has 0 fully saturated rings. The molecule has 0 spiro atoms. The number of fused-ring (bicyclic) bond motifs is 1. The molecule has 3 aromatic rings. The lowest BCUT2D eigenvalue weighted by molar-refractivity contribution is 0.579. The van der Waals surface area contributed by atoms with Crippen molar-refractivity contribution < 1.29 is 4.42 Å². The van der Waals surface area contributed by atoms with Crippen molar-refractivity contribution in [1.29, 1.82) is 0 Å². The van der Waals surface area contributed by atoms with E-state index in [0.29, 0.717) is 0 Å². The summed E-state index contributed by atoms with van der Waals surface area (Å²) in [4.78, 5) is 1.26. The molecule has 1 aromatic carbocycles. The van der Waals surface area contributed by atoms with Gasteiger partial charge in [0.1, 0.15) is 11.3 Å². The highest BCUT2D eigenvalue weighted by molar-refractivity contribution is 7.13. The van der Waals surface area contributed by atoms with Crippen molar-refractivity contribution in [3.63, 3.8) is 0 Å². The first-order valence-corrected chi connectivity index (χ1v) is 5.75. The summed E-state index contributed by atoms with van der Waals surface area (Å²) in [5.74, 6) is 0.967. The molecule has 0 saturated carbocycles. The minimum atomic E-state index is 0.967. The number of para-hydroxylation sites is 1. The van der Waals surface area contributed by atoms with E-state index in [1.807, 2.05) is 6.92 Å². The van der Waals surface area contributed by atoms with Crippen molar-refractivity contribution >= 4 is 22.3 Å². The molecule has 0 aliphatic heterocycles. The number of furan rings is 1. The molecule has 0 bridgehead atoms. The largest absolute Gasteiger partial charge is 0.461 e. The molecule has 2 heterocycles. The highest BCUT2D eigenvalue weighted by Gasteiger charge is 2.08. The third-order valence-corrected chi connectivity index (χ3v) is 3.36. The molecule has 0 saturated heterocycles. The summed E-state index contributed by atoms with van der Waals surface area (Å²) in [6.07, 6.45) is 0. The van der Waals surface area contributed by atoms with E-state index < -0.39 is 0 Å². The zero-order valence-electron chi connectivity index (χ0n) is 8.36. The average molecular weight is 214 g/mol.